The van der Waals surface area contributed by atoms with E-state index in [4.69, 9.17) is 4.74 Å². The predicted octanol–water partition coefficient (Wildman–Crippen LogP) is 3.92. The third-order valence-corrected chi connectivity index (χ3v) is 5.29. The van der Waals surface area contributed by atoms with Crippen molar-refractivity contribution in [1.82, 2.24) is 4.90 Å². The normalized spacial score (nSPS) is 16.0. The van der Waals surface area contributed by atoms with E-state index in [1.807, 2.05) is 55.3 Å². The molecular weight excluding hydrogens is 406 g/mol. The van der Waals surface area contributed by atoms with Crippen LogP contribution in [0, 0.1) is 6.92 Å². The zero-order chi connectivity index (χ0) is 19.4. The number of halogens is 1. The summed E-state index contributed by atoms with van der Waals surface area (Å²) in [6, 6.07) is 14.0. The number of hydrogen-bond acceptors (Lipinski definition) is 4. The molecule has 0 bridgehead atoms. The number of para-hydroxylation sites is 2. The van der Waals surface area contributed by atoms with E-state index in [1.54, 1.807) is 0 Å². The van der Waals surface area contributed by atoms with Crippen molar-refractivity contribution in [2.45, 2.75) is 20.0 Å². The molecule has 0 radical (unpaired) electrons. The van der Waals surface area contributed by atoms with E-state index in [2.05, 4.69) is 39.1 Å². The van der Waals surface area contributed by atoms with Crippen LogP contribution in [0.5, 0.6) is 5.75 Å². The highest BCUT2D eigenvalue weighted by molar-refractivity contribution is 9.10. The van der Waals surface area contributed by atoms with Gasteiger partial charge in [-0.1, -0.05) is 18.2 Å². The molecule has 2 aromatic rings. The number of likely N-dealkylation sites (N-methyl/N-ethyl adjacent to an activating group) is 2. The standard InChI is InChI=1S/C21H26BrN3O2/c1-4-25-13-16(27-20-8-6-5-7-19(20)25)12-24(3)14-21(26)23-18-10-9-15(2)11-17(18)22/h5-11,16H,4,12-14H2,1-3H3,(H,23,26). The number of carbonyl (C=O) groups is 1. The van der Waals surface area contributed by atoms with Crippen LogP contribution in [0.25, 0.3) is 0 Å². The smallest absolute Gasteiger partial charge is 0.238 e. The molecule has 1 unspecified atom stereocenters. The Morgan fingerprint density at radius 3 is 2.85 bits per heavy atom. The fourth-order valence-corrected chi connectivity index (χ4v) is 3.93. The molecule has 0 saturated carbocycles. The van der Waals surface area contributed by atoms with E-state index < -0.39 is 0 Å². The summed E-state index contributed by atoms with van der Waals surface area (Å²) >= 11 is 3.50. The molecule has 1 heterocycles. The predicted molar refractivity (Wildman–Crippen MR) is 114 cm³/mol. The SMILES string of the molecule is CCN1CC(CN(C)CC(=O)Nc2ccc(C)cc2Br)Oc2ccccc21. The van der Waals surface area contributed by atoms with Crippen molar-refractivity contribution in [3.05, 3.63) is 52.5 Å². The van der Waals surface area contributed by atoms with E-state index in [1.165, 1.54) is 0 Å². The lowest BCUT2D eigenvalue weighted by Gasteiger charge is -2.37. The molecule has 0 aliphatic carbocycles. The summed E-state index contributed by atoms with van der Waals surface area (Å²) in [7, 11) is 1.95. The Bertz CT molecular complexity index is 812. The lowest BCUT2D eigenvalue weighted by Crippen LogP contribution is -2.46. The number of fused-ring (bicyclic) bond motifs is 1. The number of amides is 1. The number of carbonyl (C=O) groups excluding carboxylic acids is 1. The van der Waals surface area contributed by atoms with Gasteiger partial charge in [0, 0.05) is 17.6 Å². The second-order valence-electron chi connectivity index (χ2n) is 6.97. The van der Waals surface area contributed by atoms with Gasteiger partial charge in [-0.05, 0) is 66.7 Å². The zero-order valence-electron chi connectivity index (χ0n) is 16.0. The number of aryl methyl sites for hydroxylation is 1. The quantitative estimate of drug-likeness (QED) is 0.752. The van der Waals surface area contributed by atoms with Crippen LogP contribution in [0.15, 0.2) is 46.9 Å². The van der Waals surface area contributed by atoms with Crippen LogP contribution in [-0.2, 0) is 4.79 Å². The van der Waals surface area contributed by atoms with Gasteiger partial charge in [-0.3, -0.25) is 9.69 Å². The summed E-state index contributed by atoms with van der Waals surface area (Å²) < 4.78 is 7.04. The number of hydrogen-bond donors (Lipinski definition) is 1. The van der Waals surface area contributed by atoms with Crippen molar-refractivity contribution in [3.8, 4) is 5.75 Å². The fraction of sp³-hybridized carbons (Fsp3) is 0.381. The Balaban J connectivity index is 1.56. The second kappa shape index (κ2) is 8.76. The molecule has 0 spiro atoms. The van der Waals surface area contributed by atoms with Crippen molar-refractivity contribution >= 4 is 33.2 Å². The number of nitrogens with one attached hydrogen (secondary N) is 1. The summed E-state index contributed by atoms with van der Waals surface area (Å²) in [5.41, 5.74) is 3.08. The summed E-state index contributed by atoms with van der Waals surface area (Å²) in [5, 5.41) is 2.96. The molecule has 0 aromatic heterocycles. The molecule has 1 amide bonds. The first-order chi connectivity index (χ1) is 13.0. The van der Waals surface area contributed by atoms with Gasteiger partial charge < -0.3 is 15.0 Å². The van der Waals surface area contributed by atoms with E-state index in [0.29, 0.717) is 13.1 Å². The largest absolute Gasteiger partial charge is 0.485 e. The van der Waals surface area contributed by atoms with Gasteiger partial charge >= 0.3 is 0 Å². The maximum absolute atomic E-state index is 12.4. The van der Waals surface area contributed by atoms with Gasteiger partial charge in [0.15, 0.2) is 0 Å². The van der Waals surface area contributed by atoms with Gasteiger partial charge in [-0.15, -0.1) is 0 Å². The Labute approximate surface area is 169 Å². The van der Waals surface area contributed by atoms with Crippen molar-refractivity contribution < 1.29 is 9.53 Å². The first kappa shape index (κ1) is 19.7. The van der Waals surface area contributed by atoms with E-state index in [-0.39, 0.29) is 12.0 Å². The highest BCUT2D eigenvalue weighted by Crippen LogP contribution is 2.32. The minimum Gasteiger partial charge on any atom is -0.485 e. The zero-order valence-corrected chi connectivity index (χ0v) is 17.6. The summed E-state index contributed by atoms with van der Waals surface area (Å²) in [6.45, 7) is 6.93. The summed E-state index contributed by atoms with van der Waals surface area (Å²) in [5.74, 6) is 0.877. The van der Waals surface area contributed by atoms with Gasteiger partial charge in [0.25, 0.3) is 0 Å². The Morgan fingerprint density at radius 1 is 1.33 bits per heavy atom. The average Bonchev–Trinajstić information content (AvgIpc) is 2.63. The molecule has 3 rings (SSSR count). The average molecular weight is 432 g/mol. The molecule has 144 valence electrons. The third kappa shape index (κ3) is 5.02. The van der Waals surface area contributed by atoms with Crippen molar-refractivity contribution in [2.24, 2.45) is 0 Å². The topological polar surface area (TPSA) is 44.8 Å². The lowest BCUT2D eigenvalue weighted by atomic mass is 10.2. The Kier molecular flexibility index (Phi) is 6.39. The number of ether oxygens (including phenoxy) is 1. The molecular formula is C21H26BrN3O2. The number of benzene rings is 2. The lowest BCUT2D eigenvalue weighted by molar-refractivity contribution is -0.117. The van der Waals surface area contributed by atoms with Crippen molar-refractivity contribution in [2.75, 3.05) is 43.4 Å². The van der Waals surface area contributed by atoms with Gasteiger partial charge in [0.05, 0.1) is 24.5 Å². The van der Waals surface area contributed by atoms with Crippen LogP contribution in [0.2, 0.25) is 0 Å². The fourth-order valence-electron chi connectivity index (χ4n) is 3.34. The molecule has 0 fully saturated rings. The van der Waals surface area contributed by atoms with Crippen LogP contribution >= 0.6 is 15.9 Å². The maximum Gasteiger partial charge on any atom is 0.238 e. The van der Waals surface area contributed by atoms with Crippen LogP contribution in [0.4, 0.5) is 11.4 Å². The Morgan fingerprint density at radius 2 is 2.11 bits per heavy atom. The van der Waals surface area contributed by atoms with E-state index in [0.717, 1.165) is 40.2 Å². The summed E-state index contributed by atoms with van der Waals surface area (Å²) in [4.78, 5) is 16.7. The first-order valence-corrected chi connectivity index (χ1v) is 10.0. The van der Waals surface area contributed by atoms with Crippen LogP contribution in [0.1, 0.15) is 12.5 Å². The van der Waals surface area contributed by atoms with Crippen LogP contribution in [0.3, 0.4) is 0 Å². The molecule has 6 heteroatoms. The number of anilines is 2. The number of rotatable bonds is 6. The van der Waals surface area contributed by atoms with Crippen molar-refractivity contribution in [1.29, 1.82) is 0 Å². The third-order valence-electron chi connectivity index (χ3n) is 4.63. The molecule has 27 heavy (non-hydrogen) atoms. The highest BCUT2D eigenvalue weighted by atomic mass is 79.9. The minimum absolute atomic E-state index is 0.0313. The van der Waals surface area contributed by atoms with E-state index >= 15 is 0 Å². The Hall–Kier alpha value is -2.05. The van der Waals surface area contributed by atoms with Gasteiger partial charge in [0.1, 0.15) is 11.9 Å². The van der Waals surface area contributed by atoms with Gasteiger partial charge in [0.2, 0.25) is 5.91 Å². The molecule has 2 aromatic carbocycles. The molecule has 1 atom stereocenters. The van der Waals surface area contributed by atoms with Crippen LogP contribution in [-0.4, -0.2) is 50.1 Å². The van der Waals surface area contributed by atoms with Crippen LogP contribution < -0.4 is 15.0 Å². The second-order valence-corrected chi connectivity index (χ2v) is 7.83. The first-order valence-electron chi connectivity index (χ1n) is 9.21. The molecule has 1 N–H and O–H groups in total. The summed E-state index contributed by atoms with van der Waals surface area (Å²) in [6.07, 6.45) is 0.0313. The van der Waals surface area contributed by atoms with Gasteiger partial charge in [-0.25, -0.2) is 0 Å². The van der Waals surface area contributed by atoms with E-state index in [9.17, 15) is 4.79 Å². The van der Waals surface area contributed by atoms with Gasteiger partial charge in [-0.2, -0.15) is 0 Å². The molecule has 1 aliphatic rings. The number of nitrogens with zero attached hydrogens (tertiary/aromatic N) is 2. The monoisotopic (exact) mass is 431 g/mol. The highest BCUT2D eigenvalue weighted by Gasteiger charge is 2.25. The minimum atomic E-state index is -0.0365. The molecule has 1 aliphatic heterocycles. The van der Waals surface area contributed by atoms with Crippen molar-refractivity contribution in [3.63, 3.8) is 0 Å². The molecule has 5 nitrogen and oxygen atoms in total. The maximum atomic E-state index is 12.4. The molecule has 0 saturated heterocycles.